The number of anilines is 1. The van der Waals surface area contributed by atoms with Gasteiger partial charge in [-0.2, -0.15) is 0 Å². The number of halogens is 1. The van der Waals surface area contributed by atoms with Crippen LogP contribution in [0.4, 0.5) is 10.1 Å². The molecular formula is C25H31FN6O3. The number of hydrazine groups is 1. The Labute approximate surface area is 204 Å². The molecule has 3 aliphatic rings. The van der Waals surface area contributed by atoms with Crippen LogP contribution in [-0.2, 0) is 4.79 Å². The van der Waals surface area contributed by atoms with E-state index in [0.717, 1.165) is 12.2 Å². The van der Waals surface area contributed by atoms with Crippen LogP contribution in [0.1, 0.15) is 28.4 Å². The SMILES string of the molecule is COc1cccc(F)c1C1CC2C(CN1)NNC2NC(=O)c1ccc(N2CCN(C)C(=O)C2)cc1. The molecule has 2 amide bonds. The third kappa shape index (κ3) is 4.69. The van der Waals surface area contributed by atoms with Crippen molar-refractivity contribution in [1.82, 2.24) is 26.4 Å². The summed E-state index contributed by atoms with van der Waals surface area (Å²) >= 11 is 0. The first-order chi connectivity index (χ1) is 16.9. The van der Waals surface area contributed by atoms with Crippen molar-refractivity contribution in [3.05, 3.63) is 59.4 Å². The van der Waals surface area contributed by atoms with Crippen LogP contribution in [0.2, 0.25) is 0 Å². The Morgan fingerprint density at radius 1 is 1.14 bits per heavy atom. The molecule has 0 saturated carbocycles. The van der Waals surface area contributed by atoms with Gasteiger partial charge < -0.3 is 25.2 Å². The minimum Gasteiger partial charge on any atom is -0.496 e. The minimum atomic E-state index is -0.304. The Hall–Kier alpha value is -3.21. The molecule has 2 aromatic carbocycles. The van der Waals surface area contributed by atoms with Crippen LogP contribution in [0, 0.1) is 11.7 Å². The van der Waals surface area contributed by atoms with Gasteiger partial charge in [-0.25, -0.2) is 9.82 Å². The van der Waals surface area contributed by atoms with Crippen LogP contribution < -0.4 is 31.1 Å². The number of methoxy groups -OCH3 is 1. The van der Waals surface area contributed by atoms with Gasteiger partial charge in [0.05, 0.1) is 19.8 Å². The van der Waals surface area contributed by atoms with Crippen molar-refractivity contribution in [2.75, 3.05) is 45.2 Å². The van der Waals surface area contributed by atoms with Crippen molar-refractivity contribution in [3.8, 4) is 5.75 Å². The molecule has 4 atom stereocenters. The summed E-state index contributed by atoms with van der Waals surface area (Å²) in [6.45, 7) is 2.41. The number of hydrogen-bond donors (Lipinski definition) is 4. The van der Waals surface area contributed by atoms with Crippen molar-refractivity contribution in [2.24, 2.45) is 5.92 Å². The van der Waals surface area contributed by atoms with Crippen molar-refractivity contribution in [3.63, 3.8) is 0 Å². The number of benzene rings is 2. The largest absolute Gasteiger partial charge is 0.496 e. The van der Waals surface area contributed by atoms with Crippen LogP contribution in [-0.4, -0.2) is 69.3 Å². The molecule has 0 bridgehead atoms. The molecule has 3 heterocycles. The zero-order valence-electron chi connectivity index (χ0n) is 19.9. The van der Waals surface area contributed by atoms with Gasteiger partial charge in [-0.05, 0) is 42.8 Å². The fraction of sp³-hybridized carbons (Fsp3) is 0.440. The van der Waals surface area contributed by atoms with Gasteiger partial charge in [-0.15, -0.1) is 0 Å². The molecule has 10 heteroatoms. The number of rotatable bonds is 5. The van der Waals surface area contributed by atoms with Gasteiger partial charge in [-0.1, -0.05) is 6.07 Å². The average Bonchev–Trinajstić information content (AvgIpc) is 3.27. The van der Waals surface area contributed by atoms with Gasteiger partial charge in [0.2, 0.25) is 5.91 Å². The molecule has 3 fully saturated rings. The third-order valence-corrected chi connectivity index (χ3v) is 7.28. The number of likely N-dealkylation sites (N-methyl/N-ethyl adjacent to an activating group) is 1. The smallest absolute Gasteiger partial charge is 0.252 e. The lowest BCUT2D eigenvalue weighted by molar-refractivity contribution is -0.129. The van der Waals surface area contributed by atoms with Gasteiger partial charge >= 0.3 is 0 Å². The van der Waals surface area contributed by atoms with Gasteiger partial charge in [0.1, 0.15) is 11.6 Å². The lowest BCUT2D eigenvalue weighted by atomic mass is 9.84. The number of piperazine rings is 1. The van der Waals surface area contributed by atoms with Crippen molar-refractivity contribution < 1.29 is 18.7 Å². The molecule has 4 N–H and O–H groups in total. The second-order valence-corrected chi connectivity index (χ2v) is 9.35. The second-order valence-electron chi connectivity index (χ2n) is 9.35. The van der Waals surface area contributed by atoms with Crippen LogP contribution in [0.3, 0.4) is 0 Å². The second kappa shape index (κ2) is 9.80. The van der Waals surface area contributed by atoms with Gasteiger partial charge in [0.15, 0.2) is 0 Å². The fourth-order valence-electron chi connectivity index (χ4n) is 5.19. The zero-order chi connectivity index (χ0) is 24.5. The normalized spacial score (nSPS) is 26.4. The first kappa shape index (κ1) is 23.5. The molecule has 4 unspecified atom stereocenters. The van der Waals surface area contributed by atoms with E-state index in [1.54, 1.807) is 43.3 Å². The van der Waals surface area contributed by atoms with Crippen molar-refractivity contribution in [1.29, 1.82) is 0 Å². The molecule has 3 aliphatic heterocycles. The minimum absolute atomic E-state index is 0.0603. The summed E-state index contributed by atoms with van der Waals surface area (Å²) < 4.78 is 20.1. The number of piperidine rings is 1. The Balaban J connectivity index is 1.24. The number of amides is 2. The number of nitrogens with zero attached hydrogens (tertiary/aromatic N) is 2. The van der Waals surface area contributed by atoms with Crippen LogP contribution in [0.15, 0.2) is 42.5 Å². The standard InChI is InChI=1S/C25H31FN6O3/c1-31-10-11-32(14-22(31)33)16-8-6-15(7-9-16)25(34)28-24-17-12-19(27-13-20(17)29-30-24)23-18(26)4-3-5-21(23)35-2/h3-9,17,19-20,24,27,29-30H,10-14H2,1-2H3,(H,28,34). The molecule has 2 aromatic rings. The first-order valence-electron chi connectivity index (χ1n) is 11.9. The van der Waals surface area contributed by atoms with Crippen LogP contribution >= 0.6 is 0 Å². The van der Waals surface area contributed by atoms with E-state index in [-0.39, 0.29) is 41.8 Å². The molecular weight excluding hydrogens is 451 g/mol. The lowest BCUT2D eigenvalue weighted by Gasteiger charge is -2.35. The summed E-state index contributed by atoms with van der Waals surface area (Å²) in [6.07, 6.45) is 0.327. The summed E-state index contributed by atoms with van der Waals surface area (Å²) in [5, 5.41) is 6.49. The molecule has 0 radical (unpaired) electrons. The van der Waals surface area contributed by atoms with E-state index >= 15 is 0 Å². The predicted octanol–water partition coefficient (Wildman–Crippen LogP) is 0.996. The van der Waals surface area contributed by atoms with E-state index in [2.05, 4.69) is 21.5 Å². The predicted molar refractivity (Wildman–Crippen MR) is 129 cm³/mol. The van der Waals surface area contributed by atoms with Gasteiger partial charge in [0, 0.05) is 61.5 Å². The Morgan fingerprint density at radius 2 is 1.94 bits per heavy atom. The maximum absolute atomic E-state index is 14.7. The zero-order valence-corrected chi connectivity index (χ0v) is 19.9. The Bertz CT molecular complexity index is 1100. The Morgan fingerprint density at radius 3 is 2.69 bits per heavy atom. The highest BCUT2D eigenvalue weighted by molar-refractivity contribution is 5.95. The highest BCUT2D eigenvalue weighted by atomic mass is 19.1. The molecule has 0 spiro atoms. The quantitative estimate of drug-likeness (QED) is 0.505. The van der Waals surface area contributed by atoms with Gasteiger partial charge in [0.25, 0.3) is 5.91 Å². The first-order valence-corrected chi connectivity index (χ1v) is 11.9. The summed E-state index contributed by atoms with van der Waals surface area (Å²) in [5.41, 5.74) is 8.41. The highest BCUT2D eigenvalue weighted by Crippen LogP contribution is 2.36. The molecule has 186 valence electrons. The molecule has 35 heavy (non-hydrogen) atoms. The topological polar surface area (TPSA) is 98.0 Å². The summed E-state index contributed by atoms with van der Waals surface area (Å²) in [6, 6.07) is 12.0. The number of ether oxygens (including phenoxy) is 1. The number of nitrogens with one attached hydrogen (secondary N) is 4. The Kier molecular flexibility index (Phi) is 6.59. The van der Waals surface area contributed by atoms with Crippen molar-refractivity contribution >= 4 is 17.5 Å². The maximum Gasteiger partial charge on any atom is 0.252 e. The van der Waals surface area contributed by atoms with Gasteiger partial charge in [-0.3, -0.25) is 15.0 Å². The lowest BCUT2D eigenvalue weighted by Crippen LogP contribution is -2.50. The number of carbonyl (C=O) groups is 2. The number of hydrogen-bond acceptors (Lipinski definition) is 7. The van der Waals surface area contributed by atoms with Crippen LogP contribution in [0.25, 0.3) is 0 Å². The number of fused-ring (bicyclic) bond motifs is 1. The summed E-state index contributed by atoms with van der Waals surface area (Å²) in [4.78, 5) is 28.8. The number of carbonyl (C=O) groups excluding carboxylic acids is 2. The maximum atomic E-state index is 14.7. The monoisotopic (exact) mass is 482 g/mol. The van der Waals surface area contributed by atoms with E-state index in [1.165, 1.54) is 6.07 Å². The third-order valence-electron chi connectivity index (χ3n) is 7.28. The molecule has 9 nitrogen and oxygen atoms in total. The molecule has 3 saturated heterocycles. The van der Waals surface area contributed by atoms with Crippen molar-refractivity contribution in [2.45, 2.75) is 24.7 Å². The molecule has 0 aliphatic carbocycles. The van der Waals surface area contributed by atoms with E-state index in [1.807, 2.05) is 17.0 Å². The highest BCUT2D eigenvalue weighted by Gasteiger charge is 2.42. The van der Waals surface area contributed by atoms with E-state index < -0.39 is 0 Å². The fourth-order valence-corrected chi connectivity index (χ4v) is 5.19. The van der Waals surface area contributed by atoms with E-state index in [9.17, 15) is 14.0 Å². The summed E-state index contributed by atoms with van der Waals surface area (Å²) in [5.74, 6) is 0.167. The average molecular weight is 483 g/mol. The molecule has 5 rings (SSSR count). The van der Waals surface area contributed by atoms with E-state index in [4.69, 9.17) is 4.74 Å². The molecule has 0 aromatic heterocycles. The van der Waals surface area contributed by atoms with E-state index in [0.29, 0.717) is 42.9 Å². The van der Waals surface area contributed by atoms with Crippen LogP contribution in [0.5, 0.6) is 5.75 Å². The summed E-state index contributed by atoms with van der Waals surface area (Å²) in [7, 11) is 3.35.